The molecule has 1 aromatic carbocycles. The second-order valence-electron chi connectivity index (χ2n) is 6.48. The van der Waals surface area contributed by atoms with Crippen molar-refractivity contribution >= 4 is 5.69 Å². The number of nitrogens with one attached hydrogen (secondary N) is 1. The summed E-state index contributed by atoms with van der Waals surface area (Å²) in [5, 5.41) is 12.6. The normalized spacial score (nSPS) is 25.8. The third-order valence-electron chi connectivity index (χ3n) is 4.87. The molecule has 0 spiro atoms. The molecule has 0 aliphatic carbocycles. The van der Waals surface area contributed by atoms with E-state index in [-0.39, 0.29) is 24.6 Å². The van der Waals surface area contributed by atoms with Gasteiger partial charge in [-0.3, -0.25) is 0 Å². The summed E-state index contributed by atoms with van der Waals surface area (Å²) in [5.41, 5.74) is 0.700. The number of nitrogens with zero attached hydrogens (tertiary/aromatic N) is 1. The minimum Gasteiger partial charge on any atom is -0.394 e. The van der Waals surface area contributed by atoms with Gasteiger partial charge in [0.1, 0.15) is 5.82 Å². The summed E-state index contributed by atoms with van der Waals surface area (Å²) in [5.74, 6) is -0.147. The van der Waals surface area contributed by atoms with E-state index >= 15 is 0 Å². The Morgan fingerprint density at radius 1 is 1.25 bits per heavy atom. The van der Waals surface area contributed by atoms with Gasteiger partial charge in [-0.2, -0.15) is 0 Å². The van der Waals surface area contributed by atoms with Crippen molar-refractivity contribution in [3.63, 3.8) is 0 Å². The van der Waals surface area contributed by atoms with Crippen LogP contribution in [0.3, 0.4) is 0 Å². The summed E-state index contributed by atoms with van der Waals surface area (Å²) in [6.07, 6.45) is 2.89. The number of hydrogen-bond donors (Lipinski definition) is 2. The van der Waals surface area contributed by atoms with E-state index in [2.05, 4.69) is 10.2 Å². The van der Waals surface area contributed by atoms with Crippen molar-refractivity contribution in [2.24, 2.45) is 0 Å². The minimum absolute atomic E-state index is 0.00417. The first-order chi connectivity index (χ1) is 11.8. The SMILES string of the molecule is OCCO[C@@H]1COCC[C@H]1NC1CCN(c2ccccc2F)CC1. The van der Waals surface area contributed by atoms with E-state index < -0.39 is 0 Å². The van der Waals surface area contributed by atoms with Gasteiger partial charge in [-0.1, -0.05) is 12.1 Å². The lowest BCUT2D eigenvalue weighted by atomic mass is 9.99. The Bertz CT molecular complexity index is 509. The van der Waals surface area contributed by atoms with Crippen molar-refractivity contribution in [3.05, 3.63) is 30.1 Å². The Labute approximate surface area is 142 Å². The first-order valence-electron chi connectivity index (χ1n) is 8.83. The fraction of sp³-hybridized carbons (Fsp3) is 0.667. The number of aliphatic hydroxyl groups is 1. The van der Waals surface area contributed by atoms with Gasteiger partial charge < -0.3 is 24.8 Å². The van der Waals surface area contributed by atoms with Gasteiger partial charge in [0, 0.05) is 31.8 Å². The van der Waals surface area contributed by atoms with E-state index in [4.69, 9.17) is 14.6 Å². The fourth-order valence-corrected chi connectivity index (χ4v) is 3.57. The molecule has 2 fully saturated rings. The molecule has 2 atom stereocenters. The third-order valence-corrected chi connectivity index (χ3v) is 4.87. The van der Waals surface area contributed by atoms with Gasteiger partial charge in [-0.05, 0) is 31.4 Å². The van der Waals surface area contributed by atoms with Gasteiger partial charge in [0.2, 0.25) is 0 Å². The molecule has 3 rings (SSSR count). The highest BCUT2D eigenvalue weighted by Crippen LogP contribution is 2.24. The van der Waals surface area contributed by atoms with Crippen molar-refractivity contribution in [2.45, 2.75) is 37.5 Å². The topological polar surface area (TPSA) is 54.0 Å². The number of piperidine rings is 1. The number of para-hydroxylation sites is 1. The van der Waals surface area contributed by atoms with Crippen LogP contribution in [0.5, 0.6) is 0 Å². The molecule has 0 radical (unpaired) electrons. The number of rotatable bonds is 6. The minimum atomic E-state index is -0.147. The van der Waals surface area contributed by atoms with E-state index in [1.807, 2.05) is 12.1 Å². The molecule has 0 unspecified atom stereocenters. The Morgan fingerprint density at radius 3 is 2.79 bits per heavy atom. The molecule has 0 saturated carbocycles. The molecule has 2 N–H and O–H groups in total. The van der Waals surface area contributed by atoms with Crippen molar-refractivity contribution in [1.29, 1.82) is 0 Å². The predicted molar refractivity (Wildman–Crippen MR) is 90.8 cm³/mol. The highest BCUT2D eigenvalue weighted by Gasteiger charge is 2.30. The van der Waals surface area contributed by atoms with E-state index in [9.17, 15) is 4.39 Å². The van der Waals surface area contributed by atoms with Crippen LogP contribution in [-0.2, 0) is 9.47 Å². The monoisotopic (exact) mass is 338 g/mol. The first kappa shape index (κ1) is 17.6. The smallest absolute Gasteiger partial charge is 0.146 e. The molecule has 1 aromatic rings. The fourth-order valence-electron chi connectivity index (χ4n) is 3.57. The molecule has 0 amide bonds. The van der Waals surface area contributed by atoms with Crippen molar-refractivity contribution in [3.8, 4) is 0 Å². The van der Waals surface area contributed by atoms with Crippen LogP contribution in [0.1, 0.15) is 19.3 Å². The van der Waals surface area contributed by atoms with Crippen LogP contribution in [-0.4, -0.2) is 62.8 Å². The Hall–Kier alpha value is -1.21. The third kappa shape index (κ3) is 4.45. The number of aliphatic hydroxyl groups excluding tert-OH is 1. The summed E-state index contributed by atoms with van der Waals surface area (Å²) in [6, 6.07) is 7.65. The van der Waals surface area contributed by atoms with Crippen LogP contribution in [0, 0.1) is 5.82 Å². The maximum atomic E-state index is 13.9. The molecule has 134 valence electrons. The second kappa shape index (κ2) is 8.76. The standard InChI is InChI=1S/C18H27FN2O3/c19-15-3-1-2-4-17(15)21-8-5-14(6-9-21)20-16-7-11-23-13-18(16)24-12-10-22/h1-4,14,16,18,20,22H,5-13H2/t16-,18-/m1/s1. The summed E-state index contributed by atoms with van der Waals surface area (Å²) in [7, 11) is 0. The predicted octanol–water partition coefficient (Wildman–Crippen LogP) is 1.55. The van der Waals surface area contributed by atoms with E-state index in [1.54, 1.807) is 6.07 Å². The van der Waals surface area contributed by atoms with Crippen molar-refractivity contribution in [1.82, 2.24) is 5.32 Å². The largest absolute Gasteiger partial charge is 0.394 e. The molecule has 2 saturated heterocycles. The molecule has 2 heterocycles. The quantitative estimate of drug-likeness (QED) is 0.824. The second-order valence-corrected chi connectivity index (χ2v) is 6.48. The van der Waals surface area contributed by atoms with Gasteiger partial charge in [0.25, 0.3) is 0 Å². The summed E-state index contributed by atoms with van der Waals surface area (Å²) < 4.78 is 25.1. The Morgan fingerprint density at radius 2 is 2.04 bits per heavy atom. The van der Waals surface area contributed by atoms with Crippen molar-refractivity contribution in [2.75, 3.05) is 44.4 Å². The van der Waals surface area contributed by atoms with Crippen LogP contribution in [0.4, 0.5) is 10.1 Å². The molecule has 0 bridgehead atoms. The van der Waals surface area contributed by atoms with Crippen LogP contribution in [0.2, 0.25) is 0 Å². The highest BCUT2D eigenvalue weighted by atomic mass is 19.1. The zero-order chi connectivity index (χ0) is 16.8. The first-order valence-corrected chi connectivity index (χ1v) is 8.83. The zero-order valence-corrected chi connectivity index (χ0v) is 14.0. The highest BCUT2D eigenvalue weighted by molar-refractivity contribution is 5.47. The van der Waals surface area contributed by atoms with Gasteiger partial charge in [0.15, 0.2) is 0 Å². The molecule has 0 aromatic heterocycles. The average Bonchev–Trinajstić information content (AvgIpc) is 2.62. The zero-order valence-electron chi connectivity index (χ0n) is 14.0. The molecule has 2 aliphatic rings. The lowest BCUT2D eigenvalue weighted by molar-refractivity contribution is -0.0779. The van der Waals surface area contributed by atoms with Crippen LogP contribution < -0.4 is 10.2 Å². The lowest BCUT2D eigenvalue weighted by Crippen LogP contribution is -2.54. The van der Waals surface area contributed by atoms with Gasteiger partial charge in [0.05, 0.1) is 31.6 Å². The summed E-state index contributed by atoms with van der Waals surface area (Å²) in [4.78, 5) is 2.12. The van der Waals surface area contributed by atoms with E-state index in [0.29, 0.717) is 24.9 Å². The van der Waals surface area contributed by atoms with Gasteiger partial charge >= 0.3 is 0 Å². The Balaban J connectivity index is 1.50. The molecular formula is C18H27FN2O3. The van der Waals surface area contributed by atoms with E-state index in [1.165, 1.54) is 6.07 Å². The maximum Gasteiger partial charge on any atom is 0.146 e. The Kier molecular flexibility index (Phi) is 6.43. The molecule has 6 heteroatoms. The van der Waals surface area contributed by atoms with E-state index in [0.717, 1.165) is 39.0 Å². The molecule has 2 aliphatic heterocycles. The summed E-state index contributed by atoms with van der Waals surface area (Å²) in [6.45, 7) is 3.40. The number of anilines is 1. The maximum absolute atomic E-state index is 13.9. The van der Waals surface area contributed by atoms with Crippen LogP contribution >= 0.6 is 0 Å². The summed E-state index contributed by atoms with van der Waals surface area (Å²) >= 11 is 0. The molecule has 5 nitrogen and oxygen atoms in total. The lowest BCUT2D eigenvalue weighted by Gasteiger charge is -2.39. The van der Waals surface area contributed by atoms with Crippen LogP contribution in [0.15, 0.2) is 24.3 Å². The number of halogens is 1. The molecular weight excluding hydrogens is 311 g/mol. The van der Waals surface area contributed by atoms with Crippen LogP contribution in [0.25, 0.3) is 0 Å². The number of ether oxygens (including phenoxy) is 2. The van der Waals surface area contributed by atoms with Crippen molar-refractivity contribution < 1.29 is 19.0 Å². The number of benzene rings is 1. The molecule has 24 heavy (non-hydrogen) atoms. The van der Waals surface area contributed by atoms with Gasteiger partial charge in [-0.15, -0.1) is 0 Å². The number of hydrogen-bond acceptors (Lipinski definition) is 5. The van der Waals surface area contributed by atoms with Gasteiger partial charge in [-0.25, -0.2) is 4.39 Å². The average molecular weight is 338 g/mol.